The Morgan fingerprint density at radius 1 is 1.07 bits per heavy atom. The van der Waals surface area contributed by atoms with Crippen molar-refractivity contribution in [3.8, 4) is 11.1 Å². The monoisotopic (exact) mass is 607 g/mol. The topological polar surface area (TPSA) is 94.8 Å². The lowest BCUT2D eigenvalue weighted by atomic mass is 9.97. The summed E-state index contributed by atoms with van der Waals surface area (Å²) in [6, 6.07) is 23.6. The molecular formula is C32H31Cl2N3O5. The first-order chi connectivity index (χ1) is 20.4. The Labute approximate surface area is 254 Å². The largest absolute Gasteiger partial charge is 0.445 e. The number of carbonyl (C=O) groups is 1. The van der Waals surface area contributed by atoms with Gasteiger partial charge in [-0.15, -0.1) is 0 Å². The van der Waals surface area contributed by atoms with Gasteiger partial charge in [-0.2, -0.15) is 0 Å². The highest BCUT2D eigenvalue weighted by Gasteiger charge is 2.33. The van der Waals surface area contributed by atoms with Gasteiger partial charge in [0, 0.05) is 18.5 Å². The summed E-state index contributed by atoms with van der Waals surface area (Å²) in [4.78, 5) is 16.0. The number of halogens is 2. The zero-order chi connectivity index (χ0) is 29.5. The van der Waals surface area contributed by atoms with Crippen molar-refractivity contribution in [2.45, 2.75) is 44.6 Å². The van der Waals surface area contributed by atoms with Gasteiger partial charge in [0.15, 0.2) is 11.4 Å². The van der Waals surface area contributed by atoms with Crippen LogP contribution in [0.2, 0.25) is 10.3 Å². The summed E-state index contributed by atoms with van der Waals surface area (Å²) in [6.07, 6.45) is 2.11. The Balaban J connectivity index is 1.36. The zero-order valence-corrected chi connectivity index (χ0v) is 24.3. The van der Waals surface area contributed by atoms with Gasteiger partial charge in [0.1, 0.15) is 11.8 Å². The van der Waals surface area contributed by atoms with Crippen LogP contribution in [0.4, 0.5) is 4.79 Å². The molecule has 218 valence electrons. The lowest BCUT2D eigenvalue weighted by Crippen LogP contribution is -2.32. The number of amides is 1. The maximum absolute atomic E-state index is 11.9. The lowest BCUT2D eigenvalue weighted by Gasteiger charge is -2.36. The number of carbonyl (C=O) groups excluding carboxylic acids is 1. The minimum absolute atomic E-state index is 0.0228. The summed E-state index contributed by atoms with van der Waals surface area (Å²) in [5.74, 6) is 0. The van der Waals surface area contributed by atoms with E-state index >= 15 is 0 Å². The number of nitrogens with zero attached hydrogens (tertiary/aromatic N) is 2. The first-order valence-electron chi connectivity index (χ1n) is 13.5. The third kappa shape index (κ3) is 7.21. The van der Waals surface area contributed by atoms with Crippen LogP contribution in [0.15, 0.2) is 91.8 Å². The Bertz CT molecular complexity index is 1510. The Morgan fingerprint density at radius 3 is 2.50 bits per heavy atom. The summed E-state index contributed by atoms with van der Waals surface area (Å²) in [6.45, 7) is 4.46. The van der Waals surface area contributed by atoms with E-state index in [0.29, 0.717) is 24.7 Å². The van der Waals surface area contributed by atoms with Crippen LogP contribution in [0.3, 0.4) is 0 Å². The van der Waals surface area contributed by atoms with Crippen molar-refractivity contribution in [3.05, 3.63) is 124 Å². The summed E-state index contributed by atoms with van der Waals surface area (Å²) < 4.78 is 19.7. The molecule has 0 saturated carbocycles. The van der Waals surface area contributed by atoms with E-state index in [9.17, 15) is 9.90 Å². The fourth-order valence-corrected chi connectivity index (χ4v) is 5.17. The number of benzene rings is 3. The minimum atomic E-state index is -0.630. The van der Waals surface area contributed by atoms with Gasteiger partial charge in [-0.05, 0) is 27.8 Å². The molecular weight excluding hydrogens is 577 g/mol. The summed E-state index contributed by atoms with van der Waals surface area (Å²) >= 11 is 12.4. The molecule has 2 heterocycles. The average molecular weight is 609 g/mol. The second kappa shape index (κ2) is 14.0. The molecule has 42 heavy (non-hydrogen) atoms. The van der Waals surface area contributed by atoms with Gasteiger partial charge < -0.3 is 29.2 Å². The van der Waals surface area contributed by atoms with Crippen LogP contribution >= 0.6 is 23.2 Å². The van der Waals surface area contributed by atoms with Crippen molar-refractivity contribution >= 4 is 29.3 Å². The number of aliphatic hydroxyl groups excluding tert-OH is 1. The second-order valence-corrected chi connectivity index (χ2v) is 10.6. The molecule has 5 rings (SSSR count). The van der Waals surface area contributed by atoms with E-state index in [1.165, 1.54) is 6.08 Å². The predicted molar refractivity (Wildman–Crippen MR) is 161 cm³/mol. The summed E-state index contributed by atoms with van der Waals surface area (Å²) in [5.41, 5.74) is 5.61. The molecule has 0 bridgehead atoms. The molecule has 3 aromatic carbocycles. The smallest absolute Gasteiger partial charge is 0.407 e. The molecule has 1 aliphatic rings. The number of hydrogen-bond acceptors (Lipinski definition) is 6. The van der Waals surface area contributed by atoms with Crippen molar-refractivity contribution in [3.63, 3.8) is 0 Å². The average Bonchev–Trinajstić information content (AvgIpc) is 3.35. The van der Waals surface area contributed by atoms with Crippen LogP contribution in [0.5, 0.6) is 0 Å². The highest BCUT2D eigenvalue weighted by Crippen LogP contribution is 2.39. The zero-order valence-electron chi connectivity index (χ0n) is 22.8. The fraction of sp³-hybridized carbons (Fsp3) is 0.250. The third-order valence-corrected chi connectivity index (χ3v) is 7.78. The van der Waals surface area contributed by atoms with Crippen molar-refractivity contribution in [2.24, 2.45) is 0 Å². The molecule has 0 unspecified atom stereocenters. The number of hydrogen-bond donors (Lipinski definition) is 2. The molecule has 0 radical (unpaired) electrons. The second-order valence-electron chi connectivity index (χ2n) is 9.85. The molecule has 2 N–H and O–H groups in total. The lowest BCUT2D eigenvalue weighted by molar-refractivity contribution is -0.252. The van der Waals surface area contributed by atoms with Crippen molar-refractivity contribution < 1.29 is 24.1 Å². The molecule has 1 aliphatic heterocycles. The molecule has 0 spiro atoms. The van der Waals surface area contributed by atoms with Gasteiger partial charge in [0.25, 0.3) is 0 Å². The summed E-state index contributed by atoms with van der Waals surface area (Å²) in [5, 5.41) is 12.8. The molecule has 3 atom stereocenters. The number of alkyl carbamates (subject to hydrolysis) is 1. The standard InChI is InChI=1S/C32H31Cl2N3O5/c1-2-15-40-32(39)35-17-25-5-3-4-6-27(25)22-11-13-24(14-12-22)31-41-26(18-37-20-36-29(33)30(37)34)16-28(42-31)23-9-7-21(19-38)8-10-23/h2-14,20,26,28,31,38H,1,15-19H2,(H,35,39)/t26-,28+,31+/m1/s1. The van der Waals surface area contributed by atoms with Crippen LogP contribution < -0.4 is 5.32 Å². The number of aliphatic hydroxyl groups is 1. The van der Waals surface area contributed by atoms with E-state index in [1.807, 2.05) is 72.8 Å². The van der Waals surface area contributed by atoms with Gasteiger partial charge >= 0.3 is 6.09 Å². The maximum Gasteiger partial charge on any atom is 0.407 e. The van der Waals surface area contributed by atoms with Crippen LogP contribution in [0.1, 0.15) is 41.1 Å². The van der Waals surface area contributed by atoms with Crippen molar-refractivity contribution in [2.75, 3.05) is 6.61 Å². The van der Waals surface area contributed by atoms with Gasteiger partial charge in [0.05, 0.1) is 31.7 Å². The predicted octanol–water partition coefficient (Wildman–Crippen LogP) is 7.01. The minimum Gasteiger partial charge on any atom is -0.445 e. The van der Waals surface area contributed by atoms with E-state index in [1.54, 1.807) is 10.9 Å². The maximum atomic E-state index is 11.9. The van der Waals surface area contributed by atoms with Crippen LogP contribution in [0, 0.1) is 0 Å². The van der Waals surface area contributed by atoms with E-state index in [-0.39, 0.29) is 30.6 Å². The molecule has 4 aromatic rings. The highest BCUT2D eigenvalue weighted by molar-refractivity contribution is 6.40. The quantitative estimate of drug-likeness (QED) is 0.188. The number of aromatic nitrogens is 2. The van der Waals surface area contributed by atoms with Gasteiger partial charge in [0.2, 0.25) is 0 Å². The number of nitrogens with one attached hydrogen (secondary N) is 1. The Kier molecular flexibility index (Phi) is 9.94. The SMILES string of the molecule is C=CCOC(=O)NCc1ccccc1-c1ccc([C@H]2O[C@@H](Cn3cnc(Cl)c3Cl)C[C@@H](c3ccc(CO)cc3)O2)cc1. The Morgan fingerprint density at radius 2 is 1.81 bits per heavy atom. The molecule has 1 fully saturated rings. The number of ether oxygens (including phenoxy) is 3. The third-order valence-electron chi connectivity index (χ3n) is 7.01. The molecule has 1 amide bonds. The summed E-state index contributed by atoms with van der Waals surface area (Å²) in [7, 11) is 0. The van der Waals surface area contributed by atoms with Gasteiger partial charge in [-0.25, -0.2) is 9.78 Å². The van der Waals surface area contributed by atoms with Crippen LogP contribution in [-0.2, 0) is 33.9 Å². The first kappa shape index (κ1) is 29.8. The molecule has 10 heteroatoms. The number of imidazole rings is 1. The Hall–Kier alpha value is -3.66. The van der Waals surface area contributed by atoms with Crippen LogP contribution in [-0.4, -0.2) is 33.5 Å². The molecule has 8 nitrogen and oxygen atoms in total. The fourth-order valence-electron chi connectivity index (χ4n) is 4.85. The van der Waals surface area contributed by atoms with Crippen molar-refractivity contribution in [1.29, 1.82) is 0 Å². The van der Waals surface area contributed by atoms with Gasteiger partial charge in [-0.1, -0.05) is 109 Å². The molecule has 1 aromatic heterocycles. The van der Waals surface area contributed by atoms with E-state index in [2.05, 4.69) is 16.9 Å². The first-order valence-corrected chi connectivity index (χ1v) is 14.3. The van der Waals surface area contributed by atoms with Crippen molar-refractivity contribution in [1.82, 2.24) is 14.9 Å². The normalized spacial score (nSPS) is 18.4. The van der Waals surface area contributed by atoms with E-state index < -0.39 is 12.4 Å². The van der Waals surface area contributed by atoms with E-state index in [0.717, 1.165) is 33.4 Å². The highest BCUT2D eigenvalue weighted by atomic mass is 35.5. The van der Waals surface area contributed by atoms with Gasteiger partial charge in [-0.3, -0.25) is 0 Å². The molecule has 0 aliphatic carbocycles. The molecule has 1 saturated heterocycles. The van der Waals surface area contributed by atoms with Crippen LogP contribution in [0.25, 0.3) is 11.1 Å². The number of rotatable bonds is 10. The van der Waals surface area contributed by atoms with E-state index in [4.69, 9.17) is 37.4 Å².